The average molecular weight is 204 g/mol. The van der Waals surface area contributed by atoms with E-state index < -0.39 is 12.1 Å². The molecule has 0 aromatic carbocycles. The second kappa shape index (κ2) is 3.82. The second-order valence-corrected chi connectivity index (χ2v) is 5.46. The fraction of sp³-hybridized carbons (Fsp3) is 1.00. The minimum absolute atomic E-state index is 0.163. The standard InChI is InChI=1S/C9H17B2F3/c1-8(10,11)6-2-4-7(5-3-6)9(12,13)14/h6-7H,2-5,10-11H2,1H3. The maximum absolute atomic E-state index is 12.4. The number of hydrogen-bond acceptors (Lipinski definition) is 0. The molecule has 1 aliphatic rings. The van der Waals surface area contributed by atoms with Gasteiger partial charge in [-0.25, -0.2) is 0 Å². The lowest BCUT2D eigenvalue weighted by Gasteiger charge is -2.37. The van der Waals surface area contributed by atoms with Crippen LogP contribution in [0.2, 0.25) is 5.21 Å². The van der Waals surface area contributed by atoms with Gasteiger partial charge in [0.1, 0.15) is 0 Å². The highest BCUT2D eigenvalue weighted by Crippen LogP contribution is 2.45. The zero-order valence-corrected chi connectivity index (χ0v) is 9.12. The van der Waals surface area contributed by atoms with E-state index in [1.54, 1.807) is 0 Å². The second-order valence-electron chi connectivity index (χ2n) is 5.46. The molecule has 14 heavy (non-hydrogen) atoms. The van der Waals surface area contributed by atoms with Crippen LogP contribution >= 0.6 is 0 Å². The molecule has 1 aliphatic carbocycles. The molecule has 0 aromatic rings. The first-order chi connectivity index (χ1) is 6.21. The van der Waals surface area contributed by atoms with Gasteiger partial charge in [-0.2, -0.15) is 13.2 Å². The van der Waals surface area contributed by atoms with Crippen LogP contribution in [0.25, 0.3) is 0 Å². The molecule has 0 spiro atoms. The summed E-state index contributed by atoms with van der Waals surface area (Å²) in [5.74, 6) is -0.581. The van der Waals surface area contributed by atoms with Gasteiger partial charge in [-0.1, -0.05) is 30.9 Å². The van der Waals surface area contributed by atoms with Crippen LogP contribution in [-0.2, 0) is 0 Å². The Hall–Kier alpha value is -0.0801. The first-order valence-electron chi connectivity index (χ1n) is 5.28. The summed E-state index contributed by atoms with van der Waals surface area (Å²) in [5, 5.41) is 0.163. The summed E-state index contributed by atoms with van der Waals surface area (Å²) in [6.45, 7) is 2.12. The molecule has 0 unspecified atom stereocenters. The zero-order valence-electron chi connectivity index (χ0n) is 9.12. The van der Waals surface area contributed by atoms with E-state index in [0.717, 1.165) is 12.8 Å². The minimum Gasteiger partial charge on any atom is -0.171 e. The molecule has 0 amide bonds. The predicted octanol–water partition coefficient (Wildman–Crippen LogP) is 1.76. The molecule has 0 atom stereocenters. The van der Waals surface area contributed by atoms with E-state index in [9.17, 15) is 13.2 Å². The van der Waals surface area contributed by atoms with Gasteiger partial charge in [0.05, 0.1) is 21.6 Å². The van der Waals surface area contributed by atoms with E-state index in [0.29, 0.717) is 18.8 Å². The third-order valence-electron chi connectivity index (χ3n) is 3.41. The fourth-order valence-corrected chi connectivity index (χ4v) is 2.29. The quantitative estimate of drug-likeness (QED) is 0.570. The van der Waals surface area contributed by atoms with E-state index in [1.807, 2.05) is 0 Å². The Morgan fingerprint density at radius 1 is 0.929 bits per heavy atom. The maximum atomic E-state index is 12.4. The fourth-order valence-electron chi connectivity index (χ4n) is 2.29. The Balaban J connectivity index is 2.47. The molecule has 0 radical (unpaired) electrons. The van der Waals surface area contributed by atoms with Crippen LogP contribution in [0.15, 0.2) is 0 Å². The first-order valence-corrected chi connectivity index (χ1v) is 5.28. The average Bonchev–Trinajstić information content (AvgIpc) is 2.01. The van der Waals surface area contributed by atoms with Crippen LogP contribution in [0.1, 0.15) is 32.6 Å². The van der Waals surface area contributed by atoms with Crippen molar-refractivity contribution < 1.29 is 13.2 Å². The lowest BCUT2D eigenvalue weighted by atomic mass is 9.47. The number of halogens is 3. The molecule has 1 saturated carbocycles. The summed E-state index contributed by atoms with van der Waals surface area (Å²) in [4.78, 5) is 0. The van der Waals surface area contributed by atoms with E-state index >= 15 is 0 Å². The van der Waals surface area contributed by atoms with Crippen LogP contribution in [-0.4, -0.2) is 21.9 Å². The molecule has 0 heterocycles. The topological polar surface area (TPSA) is 0 Å². The van der Waals surface area contributed by atoms with Gasteiger partial charge in [0.15, 0.2) is 0 Å². The Labute approximate surface area is 85.5 Å². The lowest BCUT2D eigenvalue weighted by Crippen LogP contribution is -2.32. The minimum atomic E-state index is -3.97. The van der Waals surface area contributed by atoms with Crippen molar-refractivity contribution in [3.05, 3.63) is 0 Å². The van der Waals surface area contributed by atoms with Gasteiger partial charge in [0.2, 0.25) is 0 Å². The van der Waals surface area contributed by atoms with Crippen LogP contribution in [0.3, 0.4) is 0 Å². The Kier molecular flexibility index (Phi) is 3.27. The summed E-state index contributed by atoms with van der Waals surface area (Å²) in [6.07, 6.45) is -1.86. The van der Waals surface area contributed by atoms with Crippen LogP contribution < -0.4 is 0 Å². The van der Waals surface area contributed by atoms with Gasteiger partial charge in [-0.3, -0.25) is 0 Å². The SMILES string of the molecule is BC(B)(C)C1CCC(C(F)(F)F)CC1. The van der Waals surface area contributed by atoms with Crippen molar-refractivity contribution in [1.29, 1.82) is 0 Å². The zero-order chi connectivity index (χ0) is 11.0. The summed E-state index contributed by atoms with van der Waals surface area (Å²) in [6, 6.07) is 0. The van der Waals surface area contributed by atoms with Crippen LogP contribution in [0.4, 0.5) is 13.2 Å². The predicted molar refractivity (Wildman–Crippen MR) is 57.0 cm³/mol. The van der Waals surface area contributed by atoms with Crippen LogP contribution in [0.5, 0.6) is 0 Å². The Morgan fingerprint density at radius 2 is 1.29 bits per heavy atom. The van der Waals surface area contributed by atoms with Gasteiger partial charge in [-0.05, 0) is 12.8 Å². The molecule has 5 heteroatoms. The molecule has 0 N–H and O–H groups in total. The molecule has 0 aliphatic heterocycles. The smallest absolute Gasteiger partial charge is 0.171 e. The van der Waals surface area contributed by atoms with Crippen molar-refractivity contribution >= 4 is 15.7 Å². The highest BCUT2D eigenvalue weighted by Gasteiger charge is 2.42. The summed E-state index contributed by atoms with van der Waals surface area (Å²) >= 11 is 0. The van der Waals surface area contributed by atoms with E-state index in [-0.39, 0.29) is 5.21 Å². The third-order valence-corrected chi connectivity index (χ3v) is 3.41. The third kappa shape index (κ3) is 2.96. The first kappa shape index (κ1) is 12.0. The van der Waals surface area contributed by atoms with Crippen molar-refractivity contribution in [3.8, 4) is 0 Å². The maximum Gasteiger partial charge on any atom is 0.391 e. The van der Waals surface area contributed by atoms with E-state index in [2.05, 4.69) is 22.6 Å². The van der Waals surface area contributed by atoms with Crippen molar-refractivity contribution in [1.82, 2.24) is 0 Å². The number of alkyl halides is 3. The van der Waals surface area contributed by atoms with Gasteiger partial charge >= 0.3 is 6.18 Å². The molecule has 80 valence electrons. The van der Waals surface area contributed by atoms with E-state index in [1.165, 1.54) is 0 Å². The molecular formula is C9H17B2F3. The van der Waals surface area contributed by atoms with Crippen molar-refractivity contribution in [2.75, 3.05) is 0 Å². The van der Waals surface area contributed by atoms with Crippen molar-refractivity contribution in [2.45, 2.75) is 44.0 Å². The molecule has 0 nitrogen and oxygen atoms in total. The van der Waals surface area contributed by atoms with Crippen LogP contribution in [0, 0.1) is 11.8 Å². The van der Waals surface area contributed by atoms with Gasteiger partial charge < -0.3 is 0 Å². The molecular weight excluding hydrogens is 187 g/mol. The van der Waals surface area contributed by atoms with Crippen molar-refractivity contribution in [2.24, 2.45) is 11.8 Å². The highest BCUT2D eigenvalue weighted by atomic mass is 19.4. The van der Waals surface area contributed by atoms with E-state index in [4.69, 9.17) is 0 Å². The van der Waals surface area contributed by atoms with Gasteiger partial charge in [0.25, 0.3) is 0 Å². The van der Waals surface area contributed by atoms with Gasteiger partial charge in [0, 0.05) is 0 Å². The summed E-state index contributed by atoms with van der Waals surface area (Å²) in [5.41, 5.74) is 0. The van der Waals surface area contributed by atoms with Crippen molar-refractivity contribution in [3.63, 3.8) is 0 Å². The highest BCUT2D eigenvalue weighted by molar-refractivity contribution is 6.39. The largest absolute Gasteiger partial charge is 0.391 e. The molecule has 1 rings (SSSR count). The molecule has 1 fully saturated rings. The monoisotopic (exact) mass is 204 g/mol. The Morgan fingerprint density at radius 3 is 1.57 bits per heavy atom. The normalized spacial score (nSPS) is 30.3. The Bertz CT molecular complexity index is 165. The summed E-state index contributed by atoms with van der Waals surface area (Å²) < 4.78 is 37.1. The van der Waals surface area contributed by atoms with Gasteiger partial charge in [-0.15, -0.1) is 0 Å². The molecule has 0 aromatic heterocycles. The molecule has 0 bridgehead atoms. The summed E-state index contributed by atoms with van der Waals surface area (Å²) in [7, 11) is 4.23. The number of rotatable bonds is 1. The molecule has 0 saturated heterocycles. The number of hydrogen-bond donors (Lipinski definition) is 0. The lowest BCUT2D eigenvalue weighted by molar-refractivity contribution is -0.184.